The second kappa shape index (κ2) is 6.29. The van der Waals surface area contributed by atoms with Gasteiger partial charge in [0.1, 0.15) is 6.33 Å². The molecule has 1 aromatic heterocycles. The standard InChI is InChI=1S/C12H17F3N4/c13-12(14,15)8-19-5-2-10(3-6-19)17-7-11-1-4-16-9-18-11/h1,4,9-10,17H,2-3,5-8H2. The van der Waals surface area contributed by atoms with Crippen molar-refractivity contribution in [3.63, 3.8) is 0 Å². The zero-order chi connectivity index (χ0) is 13.7. The number of aromatic nitrogens is 2. The fraction of sp³-hybridized carbons (Fsp3) is 0.667. The first kappa shape index (κ1) is 14.2. The van der Waals surface area contributed by atoms with Crippen molar-refractivity contribution >= 4 is 0 Å². The van der Waals surface area contributed by atoms with Gasteiger partial charge in [0.2, 0.25) is 0 Å². The van der Waals surface area contributed by atoms with Gasteiger partial charge in [-0.25, -0.2) is 9.97 Å². The van der Waals surface area contributed by atoms with Gasteiger partial charge in [-0.3, -0.25) is 4.90 Å². The van der Waals surface area contributed by atoms with Crippen molar-refractivity contribution in [2.45, 2.75) is 31.6 Å². The Labute approximate surface area is 110 Å². The summed E-state index contributed by atoms with van der Waals surface area (Å²) in [6.45, 7) is 0.806. The van der Waals surface area contributed by atoms with Gasteiger partial charge in [-0.1, -0.05) is 0 Å². The molecule has 1 aliphatic rings. The van der Waals surface area contributed by atoms with E-state index in [0.29, 0.717) is 19.6 Å². The van der Waals surface area contributed by atoms with Gasteiger partial charge in [-0.2, -0.15) is 13.2 Å². The molecular formula is C12H17F3N4. The molecule has 1 fully saturated rings. The van der Waals surface area contributed by atoms with Crippen molar-refractivity contribution in [1.82, 2.24) is 20.2 Å². The second-order valence-corrected chi connectivity index (χ2v) is 4.75. The fourth-order valence-corrected chi connectivity index (χ4v) is 2.22. The Bertz CT molecular complexity index is 374. The van der Waals surface area contributed by atoms with Crippen LogP contribution in [-0.2, 0) is 6.54 Å². The molecule has 0 saturated carbocycles. The molecule has 0 radical (unpaired) electrons. The van der Waals surface area contributed by atoms with E-state index in [4.69, 9.17) is 0 Å². The van der Waals surface area contributed by atoms with Gasteiger partial charge in [-0.05, 0) is 32.0 Å². The number of alkyl halides is 3. The third-order valence-electron chi connectivity index (χ3n) is 3.21. The van der Waals surface area contributed by atoms with Gasteiger partial charge >= 0.3 is 6.18 Å². The van der Waals surface area contributed by atoms with Gasteiger partial charge in [0.05, 0.1) is 12.2 Å². The highest BCUT2D eigenvalue weighted by atomic mass is 19.4. The van der Waals surface area contributed by atoms with Crippen LogP contribution in [0.4, 0.5) is 13.2 Å². The van der Waals surface area contributed by atoms with Crippen LogP contribution < -0.4 is 5.32 Å². The van der Waals surface area contributed by atoms with Crippen LogP contribution in [-0.4, -0.2) is 46.7 Å². The van der Waals surface area contributed by atoms with E-state index in [0.717, 1.165) is 18.5 Å². The summed E-state index contributed by atoms with van der Waals surface area (Å²) in [5.74, 6) is 0. The van der Waals surface area contributed by atoms with Gasteiger partial charge in [0, 0.05) is 18.8 Å². The van der Waals surface area contributed by atoms with Crippen molar-refractivity contribution in [2.24, 2.45) is 0 Å². The van der Waals surface area contributed by atoms with Gasteiger partial charge in [0.25, 0.3) is 0 Å². The molecule has 0 aromatic carbocycles. The number of hydrogen-bond acceptors (Lipinski definition) is 4. The predicted octanol–water partition coefficient (Wildman–Crippen LogP) is 1.59. The summed E-state index contributed by atoms with van der Waals surface area (Å²) in [4.78, 5) is 9.39. The van der Waals surface area contributed by atoms with Gasteiger partial charge < -0.3 is 5.32 Å². The minimum Gasteiger partial charge on any atom is -0.308 e. The Kier molecular flexibility index (Phi) is 4.71. The van der Waals surface area contributed by atoms with E-state index in [1.807, 2.05) is 6.07 Å². The maximum absolute atomic E-state index is 12.2. The normalized spacial score (nSPS) is 18.7. The zero-order valence-corrected chi connectivity index (χ0v) is 10.5. The number of halogens is 3. The molecule has 1 N–H and O–H groups in total. The van der Waals surface area contributed by atoms with E-state index >= 15 is 0 Å². The first-order valence-corrected chi connectivity index (χ1v) is 6.30. The predicted molar refractivity (Wildman–Crippen MR) is 64.4 cm³/mol. The fourth-order valence-electron chi connectivity index (χ4n) is 2.22. The van der Waals surface area contributed by atoms with Crippen molar-refractivity contribution < 1.29 is 13.2 Å². The molecule has 0 atom stereocenters. The molecule has 19 heavy (non-hydrogen) atoms. The Morgan fingerprint density at radius 1 is 1.32 bits per heavy atom. The maximum Gasteiger partial charge on any atom is 0.401 e. The first-order valence-electron chi connectivity index (χ1n) is 6.30. The average molecular weight is 274 g/mol. The third kappa shape index (κ3) is 5.12. The third-order valence-corrected chi connectivity index (χ3v) is 3.21. The van der Waals surface area contributed by atoms with Crippen LogP contribution in [0.15, 0.2) is 18.6 Å². The summed E-state index contributed by atoms with van der Waals surface area (Å²) < 4.78 is 36.7. The summed E-state index contributed by atoms with van der Waals surface area (Å²) in [5, 5.41) is 3.32. The molecule has 1 aliphatic heterocycles. The molecule has 7 heteroatoms. The molecule has 4 nitrogen and oxygen atoms in total. The van der Waals surface area contributed by atoms with Crippen LogP contribution in [0.1, 0.15) is 18.5 Å². The smallest absolute Gasteiger partial charge is 0.308 e. The minimum absolute atomic E-state index is 0.263. The molecule has 0 amide bonds. The Hall–Kier alpha value is -1.21. The molecule has 2 rings (SSSR count). The van der Waals surface area contributed by atoms with Gasteiger partial charge in [0.15, 0.2) is 0 Å². The molecule has 2 heterocycles. The monoisotopic (exact) mass is 274 g/mol. The second-order valence-electron chi connectivity index (χ2n) is 4.75. The number of piperidine rings is 1. The Balaban J connectivity index is 1.69. The average Bonchev–Trinajstić information content (AvgIpc) is 2.37. The van der Waals surface area contributed by atoms with Crippen LogP contribution >= 0.6 is 0 Å². The number of likely N-dealkylation sites (tertiary alicyclic amines) is 1. The lowest BCUT2D eigenvalue weighted by molar-refractivity contribution is -0.148. The number of nitrogens with zero attached hydrogens (tertiary/aromatic N) is 3. The van der Waals surface area contributed by atoms with E-state index < -0.39 is 12.7 Å². The molecule has 1 aromatic rings. The molecular weight excluding hydrogens is 257 g/mol. The maximum atomic E-state index is 12.2. The number of hydrogen-bond donors (Lipinski definition) is 1. The van der Waals surface area contributed by atoms with Crippen LogP contribution in [0.25, 0.3) is 0 Å². The Morgan fingerprint density at radius 3 is 2.63 bits per heavy atom. The molecule has 0 unspecified atom stereocenters. The summed E-state index contributed by atoms with van der Waals surface area (Å²) in [5.41, 5.74) is 0.896. The van der Waals surface area contributed by atoms with Crippen LogP contribution in [0, 0.1) is 0 Å². The lowest BCUT2D eigenvalue weighted by atomic mass is 10.0. The topological polar surface area (TPSA) is 41.0 Å². The highest BCUT2D eigenvalue weighted by Crippen LogP contribution is 2.19. The van der Waals surface area contributed by atoms with E-state index in [2.05, 4.69) is 15.3 Å². The first-order chi connectivity index (χ1) is 9.03. The van der Waals surface area contributed by atoms with Crippen LogP contribution in [0.3, 0.4) is 0 Å². The van der Waals surface area contributed by atoms with E-state index in [9.17, 15) is 13.2 Å². The molecule has 0 aliphatic carbocycles. The minimum atomic E-state index is -4.10. The van der Waals surface area contributed by atoms with Crippen molar-refractivity contribution in [3.8, 4) is 0 Å². The SMILES string of the molecule is FC(F)(F)CN1CCC(NCc2ccncn2)CC1. The van der Waals surface area contributed by atoms with Crippen molar-refractivity contribution in [1.29, 1.82) is 0 Å². The van der Waals surface area contributed by atoms with Crippen molar-refractivity contribution in [2.75, 3.05) is 19.6 Å². The highest BCUT2D eigenvalue weighted by Gasteiger charge is 2.32. The summed E-state index contributed by atoms with van der Waals surface area (Å²) in [7, 11) is 0. The highest BCUT2D eigenvalue weighted by molar-refractivity contribution is 4.97. The van der Waals surface area contributed by atoms with E-state index in [1.165, 1.54) is 11.2 Å². The number of nitrogens with one attached hydrogen (secondary N) is 1. The van der Waals surface area contributed by atoms with Crippen LogP contribution in [0.5, 0.6) is 0 Å². The lowest BCUT2D eigenvalue weighted by Crippen LogP contribution is -2.45. The zero-order valence-electron chi connectivity index (χ0n) is 10.5. The van der Waals surface area contributed by atoms with Crippen molar-refractivity contribution in [3.05, 3.63) is 24.3 Å². The summed E-state index contributed by atoms with van der Waals surface area (Å²) >= 11 is 0. The molecule has 0 spiro atoms. The molecule has 106 valence electrons. The summed E-state index contributed by atoms with van der Waals surface area (Å²) in [6, 6.07) is 2.09. The van der Waals surface area contributed by atoms with Crippen LogP contribution in [0.2, 0.25) is 0 Å². The molecule has 0 bridgehead atoms. The molecule has 1 saturated heterocycles. The number of rotatable bonds is 4. The summed E-state index contributed by atoms with van der Waals surface area (Å²) in [6.07, 6.45) is 0.544. The largest absolute Gasteiger partial charge is 0.401 e. The van der Waals surface area contributed by atoms with E-state index in [-0.39, 0.29) is 6.04 Å². The van der Waals surface area contributed by atoms with Gasteiger partial charge in [-0.15, -0.1) is 0 Å². The quantitative estimate of drug-likeness (QED) is 0.905. The van der Waals surface area contributed by atoms with E-state index in [1.54, 1.807) is 6.20 Å². The lowest BCUT2D eigenvalue weighted by Gasteiger charge is -2.32. The Morgan fingerprint density at radius 2 is 2.05 bits per heavy atom.